The highest BCUT2D eigenvalue weighted by atomic mass is 16.4. The number of aliphatic hydroxyl groups is 1. The van der Waals surface area contributed by atoms with Crippen LogP contribution in [0.2, 0.25) is 0 Å². The number of carboxylic acid groups (broad SMARTS) is 1. The normalized spacial score (nSPS) is 16.5. The molecule has 3 nitrogen and oxygen atoms in total. The third-order valence-electron chi connectivity index (χ3n) is 3.15. The lowest BCUT2D eigenvalue weighted by Gasteiger charge is -2.31. The maximum Gasteiger partial charge on any atom is 0.304 e. The van der Waals surface area contributed by atoms with Gasteiger partial charge in [-0.3, -0.25) is 4.79 Å². The molecule has 0 bridgehead atoms. The molecule has 94 valence electrons. The van der Waals surface area contributed by atoms with Gasteiger partial charge in [-0.2, -0.15) is 0 Å². The first-order chi connectivity index (χ1) is 7.31. The van der Waals surface area contributed by atoms with E-state index in [0.29, 0.717) is 6.42 Å². The Balaban J connectivity index is 4.43. The highest BCUT2D eigenvalue weighted by Crippen LogP contribution is 2.35. The lowest BCUT2D eigenvalue weighted by atomic mass is 9.75. The molecule has 0 fully saturated rings. The summed E-state index contributed by atoms with van der Waals surface area (Å²) in [4.78, 5) is 10.8. The second-order valence-electron chi connectivity index (χ2n) is 4.91. The Bertz CT molecular complexity index is 248. The third kappa shape index (κ3) is 5.31. The molecule has 16 heavy (non-hydrogen) atoms. The predicted octanol–water partition coefficient (Wildman–Crippen LogP) is 2.98. The van der Waals surface area contributed by atoms with Crippen LogP contribution < -0.4 is 0 Å². The molecular weight excluding hydrogens is 204 g/mol. The first-order valence-corrected chi connectivity index (χ1v) is 5.87. The Morgan fingerprint density at radius 1 is 1.50 bits per heavy atom. The molecule has 2 unspecified atom stereocenters. The van der Waals surface area contributed by atoms with Gasteiger partial charge in [-0.05, 0) is 19.8 Å². The van der Waals surface area contributed by atoms with Gasteiger partial charge in [-0.15, -0.1) is 0 Å². The Morgan fingerprint density at radius 2 is 2.06 bits per heavy atom. The highest BCUT2D eigenvalue weighted by molar-refractivity contribution is 5.68. The number of aliphatic carboxylic acids is 1. The molecule has 0 aliphatic carbocycles. The van der Waals surface area contributed by atoms with Crippen molar-refractivity contribution in [2.75, 3.05) is 0 Å². The zero-order valence-corrected chi connectivity index (χ0v) is 10.6. The van der Waals surface area contributed by atoms with Crippen LogP contribution in [0.25, 0.3) is 0 Å². The average molecular weight is 228 g/mol. The molecule has 0 aromatic carbocycles. The summed E-state index contributed by atoms with van der Waals surface area (Å²) in [6.07, 6.45) is 2.83. The maximum absolute atomic E-state index is 10.8. The number of hydrogen-bond donors (Lipinski definition) is 2. The van der Waals surface area contributed by atoms with Gasteiger partial charge in [0.2, 0.25) is 0 Å². The lowest BCUT2D eigenvalue weighted by molar-refractivity contribution is -0.139. The van der Waals surface area contributed by atoms with E-state index in [1.54, 1.807) is 0 Å². The van der Waals surface area contributed by atoms with Gasteiger partial charge < -0.3 is 10.2 Å². The molecule has 0 amide bonds. The first kappa shape index (κ1) is 15.2. The van der Waals surface area contributed by atoms with Crippen molar-refractivity contribution in [2.24, 2.45) is 5.41 Å². The minimum absolute atomic E-state index is 0.0333. The summed E-state index contributed by atoms with van der Waals surface area (Å²) in [7, 11) is 0. The number of rotatable bonds is 8. The van der Waals surface area contributed by atoms with Crippen molar-refractivity contribution >= 4 is 5.97 Å². The van der Waals surface area contributed by atoms with Crippen molar-refractivity contribution in [3.63, 3.8) is 0 Å². The van der Waals surface area contributed by atoms with E-state index < -0.39 is 17.5 Å². The molecule has 0 aromatic rings. The van der Waals surface area contributed by atoms with E-state index >= 15 is 0 Å². The van der Waals surface area contributed by atoms with Crippen LogP contribution in [0.4, 0.5) is 0 Å². The van der Waals surface area contributed by atoms with Crippen LogP contribution in [-0.2, 0) is 4.79 Å². The number of hydrogen-bond acceptors (Lipinski definition) is 2. The monoisotopic (exact) mass is 228 g/mol. The van der Waals surface area contributed by atoms with Crippen LogP contribution in [-0.4, -0.2) is 22.3 Å². The van der Waals surface area contributed by atoms with Crippen LogP contribution in [0.15, 0.2) is 12.2 Å². The fourth-order valence-electron chi connectivity index (χ4n) is 1.79. The molecule has 3 heteroatoms. The molecule has 0 saturated carbocycles. The van der Waals surface area contributed by atoms with Crippen molar-refractivity contribution in [3.05, 3.63) is 12.2 Å². The van der Waals surface area contributed by atoms with Crippen molar-refractivity contribution < 1.29 is 15.0 Å². The zero-order chi connectivity index (χ0) is 12.8. The summed E-state index contributed by atoms with van der Waals surface area (Å²) < 4.78 is 0. The summed E-state index contributed by atoms with van der Waals surface area (Å²) in [6.45, 7) is 9.60. The molecule has 2 N–H and O–H groups in total. The number of unbranched alkanes of at least 4 members (excludes halogenated alkanes) is 1. The molecule has 0 aliphatic rings. The Hall–Kier alpha value is -0.830. The number of carbonyl (C=O) groups is 1. The molecule has 0 aliphatic heterocycles. The topological polar surface area (TPSA) is 57.5 Å². The van der Waals surface area contributed by atoms with Gasteiger partial charge in [0.05, 0.1) is 12.5 Å². The molecule has 0 heterocycles. The summed E-state index contributed by atoms with van der Waals surface area (Å²) in [6, 6.07) is 0. The molecule has 0 aromatic heterocycles. The van der Waals surface area contributed by atoms with E-state index in [1.165, 1.54) is 0 Å². The molecule has 0 saturated heterocycles. The standard InChI is InChI=1S/C13H24O3/c1-5-6-7-11(14)8-13(4,10(2)3)9-12(15)16/h11,14H,2,5-9H2,1,3-4H3,(H,15,16). The van der Waals surface area contributed by atoms with Crippen LogP contribution in [0.3, 0.4) is 0 Å². The minimum atomic E-state index is -0.840. The molecule has 0 radical (unpaired) electrons. The highest BCUT2D eigenvalue weighted by Gasteiger charge is 2.30. The average Bonchev–Trinajstić information content (AvgIpc) is 2.12. The Kier molecular flexibility index (Phi) is 6.34. The number of carboxylic acids is 1. The second-order valence-corrected chi connectivity index (χ2v) is 4.91. The summed E-state index contributed by atoms with van der Waals surface area (Å²) in [5.74, 6) is -0.840. The van der Waals surface area contributed by atoms with Crippen molar-refractivity contribution in [2.45, 2.75) is 59.0 Å². The summed E-state index contributed by atoms with van der Waals surface area (Å²) >= 11 is 0. The zero-order valence-electron chi connectivity index (χ0n) is 10.6. The fourth-order valence-corrected chi connectivity index (χ4v) is 1.79. The van der Waals surface area contributed by atoms with E-state index in [0.717, 1.165) is 24.8 Å². The third-order valence-corrected chi connectivity index (χ3v) is 3.15. The van der Waals surface area contributed by atoms with Gasteiger partial charge in [0.15, 0.2) is 0 Å². The van der Waals surface area contributed by atoms with E-state index in [4.69, 9.17) is 5.11 Å². The van der Waals surface area contributed by atoms with E-state index in [-0.39, 0.29) is 6.42 Å². The van der Waals surface area contributed by atoms with E-state index in [2.05, 4.69) is 13.5 Å². The van der Waals surface area contributed by atoms with Gasteiger partial charge in [0, 0.05) is 5.41 Å². The van der Waals surface area contributed by atoms with Crippen LogP contribution >= 0.6 is 0 Å². The van der Waals surface area contributed by atoms with Gasteiger partial charge >= 0.3 is 5.97 Å². The maximum atomic E-state index is 10.8. The molecular formula is C13H24O3. The quantitative estimate of drug-likeness (QED) is 0.628. The summed E-state index contributed by atoms with van der Waals surface area (Å²) in [5, 5.41) is 18.7. The van der Waals surface area contributed by atoms with E-state index in [9.17, 15) is 9.90 Å². The van der Waals surface area contributed by atoms with E-state index in [1.807, 2.05) is 13.8 Å². The number of allylic oxidation sites excluding steroid dienone is 1. The predicted molar refractivity (Wildman–Crippen MR) is 65.3 cm³/mol. The van der Waals surface area contributed by atoms with Crippen LogP contribution in [0, 0.1) is 5.41 Å². The smallest absolute Gasteiger partial charge is 0.304 e. The van der Waals surface area contributed by atoms with Crippen molar-refractivity contribution in [3.8, 4) is 0 Å². The number of aliphatic hydroxyl groups excluding tert-OH is 1. The SMILES string of the molecule is C=C(C)C(C)(CC(=O)O)CC(O)CCCC. The first-order valence-electron chi connectivity index (χ1n) is 5.87. The van der Waals surface area contributed by atoms with Crippen LogP contribution in [0.1, 0.15) is 52.9 Å². The van der Waals surface area contributed by atoms with Crippen LogP contribution in [0.5, 0.6) is 0 Å². The molecule has 0 rings (SSSR count). The van der Waals surface area contributed by atoms with Gasteiger partial charge in [-0.25, -0.2) is 0 Å². The minimum Gasteiger partial charge on any atom is -0.481 e. The molecule has 2 atom stereocenters. The van der Waals surface area contributed by atoms with Gasteiger partial charge in [0.1, 0.15) is 0 Å². The second kappa shape index (κ2) is 6.69. The summed E-state index contributed by atoms with van der Waals surface area (Å²) in [5.41, 5.74) is 0.323. The Morgan fingerprint density at radius 3 is 2.44 bits per heavy atom. The largest absolute Gasteiger partial charge is 0.481 e. The van der Waals surface area contributed by atoms with Crippen molar-refractivity contribution in [1.82, 2.24) is 0 Å². The van der Waals surface area contributed by atoms with Gasteiger partial charge in [-0.1, -0.05) is 38.8 Å². The Labute approximate surface area is 98.2 Å². The fraction of sp³-hybridized carbons (Fsp3) is 0.769. The van der Waals surface area contributed by atoms with Crippen molar-refractivity contribution in [1.29, 1.82) is 0 Å². The lowest BCUT2D eigenvalue weighted by Crippen LogP contribution is -2.27. The molecule has 0 spiro atoms. The van der Waals surface area contributed by atoms with Gasteiger partial charge in [0.25, 0.3) is 0 Å².